The molecule has 0 N–H and O–H groups in total. The minimum absolute atomic E-state index is 0.295. The minimum Gasteiger partial charge on any atom is -0.467 e. The van der Waals surface area contributed by atoms with Crippen molar-refractivity contribution in [2.45, 2.75) is 45.9 Å². The SMILES string of the molecule is COC(=O)C(OC(C)(C)C)/C(=C(\c1ccc(Cl)cc1)c1ccn(Cc2ccc(F)cc2)c1C)N(C)C=O. The van der Waals surface area contributed by atoms with Crippen molar-refractivity contribution in [3.05, 3.63) is 99.7 Å². The number of methoxy groups -OCH3 is 1. The Labute approximate surface area is 222 Å². The molecule has 1 atom stereocenters. The number of amides is 1. The zero-order chi connectivity index (χ0) is 27.3. The lowest BCUT2D eigenvalue weighted by molar-refractivity contribution is -0.161. The maximum Gasteiger partial charge on any atom is 0.341 e. The maximum atomic E-state index is 13.4. The second kappa shape index (κ2) is 11.8. The smallest absolute Gasteiger partial charge is 0.341 e. The number of carbonyl (C=O) groups excluding carboxylic acids is 2. The lowest BCUT2D eigenvalue weighted by atomic mass is 9.93. The summed E-state index contributed by atoms with van der Waals surface area (Å²) in [6, 6.07) is 15.4. The minimum atomic E-state index is -1.19. The van der Waals surface area contributed by atoms with Gasteiger partial charge in [-0.05, 0) is 69.2 Å². The van der Waals surface area contributed by atoms with Gasteiger partial charge in [0, 0.05) is 41.6 Å². The Hall–Kier alpha value is -3.42. The summed E-state index contributed by atoms with van der Waals surface area (Å²) in [6.45, 7) is 7.94. The first-order valence-electron chi connectivity index (χ1n) is 11.8. The van der Waals surface area contributed by atoms with Crippen LogP contribution in [0.25, 0.3) is 5.57 Å². The lowest BCUT2D eigenvalue weighted by Gasteiger charge is -2.32. The van der Waals surface area contributed by atoms with E-state index in [-0.39, 0.29) is 5.82 Å². The van der Waals surface area contributed by atoms with Gasteiger partial charge in [0.25, 0.3) is 0 Å². The van der Waals surface area contributed by atoms with Crippen molar-refractivity contribution < 1.29 is 23.5 Å². The van der Waals surface area contributed by atoms with Crippen molar-refractivity contribution in [3.8, 4) is 0 Å². The fourth-order valence-electron chi connectivity index (χ4n) is 4.06. The van der Waals surface area contributed by atoms with Crippen molar-refractivity contribution in [2.24, 2.45) is 0 Å². The van der Waals surface area contributed by atoms with Gasteiger partial charge in [0.1, 0.15) is 5.82 Å². The predicted molar refractivity (Wildman–Crippen MR) is 143 cm³/mol. The van der Waals surface area contributed by atoms with Gasteiger partial charge in [0.2, 0.25) is 6.41 Å². The Balaban J connectivity index is 2.29. The summed E-state index contributed by atoms with van der Waals surface area (Å²) in [5, 5.41) is 0.550. The first kappa shape index (κ1) is 28.2. The summed E-state index contributed by atoms with van der Waals surface area (Å²) in [5.41, 5.74) is 3.58. The molecule has 0 fully saturated rings. The van der Waals surface area contributed by atoms with Crippen LogP contribution in [-0.2, 0) is 25.6 Å². The summed E-state index contributed by atoms with van der Waals surface area (Å²) < 4.78 is 26.7. The molecule has 37 heavy (non-hydrogen) atoms. The molecule has 0 aliphatic rings. The first-order valence-corrected chi connectivity index (χ1v) is 12.2. The number of likely N-dealkylation sites (N-methyl/N-ethyl adjacent to an activating group) is 1. The third-order valence-electron chi connectivity index (χ3n) is 5.84. The zero-order valence-corrected chi connectivity index (χ0v) is 22.7. The van der Waals surface area contributed by atoms with Crippen LogP contribution in [0.4, 0.5) is 4.39 Å². The number of esters is 1. The Morgan fingerprint density at radius 1 is 1.11 bits per heavy atom. The predicted octanol–water partition coefficient (Wildman–Crippen LogP) is 5.84. The fraction of sp³-hybridized carbons (Fsp3) is 0.310. The topological polar surface area (TPSA) is 60.8 Å². The van der Waals surface area contributed by atoms with Crippen LogP contribution in [0.5, 0.6) is 0 Å². The van der Waals surface area contributed by atoms with Gasteiger partial charge in [-0.25, -0.2) is 9.18 Å². The molecule has 3 rings (SSSR count). The molecule has 1 aromatic heterocycles. The summed E-state index contributed by atoms with van der Waals surface area (Å²) in [5.74, 6) is -0.927. The normalized spacial score (nSPS) is 13.1. The number of carbonyl (C=O) groups is 2. The van der Waals surface area contributed by atoms with Gasteiger partial charge < -0.3 is 18.9 Å². The average molecular weight is 527 g/mol. The highest BCUT2D eigenvalue weighted by Crippen LogP contribution is 2.35. The molecule has 0 aliphatic carbocycles. The van der Waals surface area contributed by atoms with E-state index in [1.165, 1.54) is 24.1 Å². The number of rotatable bonds is 9. The molecule has 8 heteroatoms. The van der Waals surface area contributed by atoms with Gasteiger partial charge in [0.15, 0.2) is 6.10 Å². The number of benzene rings is 2. The monoisotopic (exact) mass is 526 g/mol. The lowest BCUT2D eigenvalue weighted by Crippen LogP contribution is -2.40. The van der Waals surface area contributed by atoms with Crippen molar-refractivity contribution in [3.63, 3.8) is 0 Å². The number of hydrogen-bond donors (Lipinski definition) is 0. The molecule has 0 bridgehead atoms. The molecule has 6 nitrogen and oxygen atoms in total. The molecule has 0 spiro atoms. The summed E-state index contributed by atoms with van der Waals surface area (Å²) in [7, 11) is 2.86. The second-order valence-corrected chi connectivity index (χ2v) is 10.1. The van der Waals surface area contributed by atoms with E-state index in [9.17, 15) is 14.0 Å². The zero-order valence-electron chi connectivity index (χ0n) is 21.9. The molecule has 0 radical (unpaired) electrons. The van der Waals surface area contributed by atoms with Crippen LogP contribution >= 0.6 is 11.6 Å². The van der Waals surface area contributed by atoms with E-state index in [1.54, 1.807) is 31.3 Å². The van der Waals surface area contributed by atoms with E-state index in [2.05, 4.69) is 0 Å². The maximum absolute atomic E-state index is 13.4. The van der Waals surface area contributed by atoms with E-state index in [0.717, 1.165) is 22.4 Å². The number of ether oxygens (including phenoxy) is 2. The van der Waals surface area contributed by atoms with Gasteiger partial charge >= 0.3 is 5.97 Å². The van der Waals surface area contributed by atoms with E-state index in [4.69, 9.17) is 21.1 Å². The second-order valence-electron chi connectivity index (χ2n) is 9.69. The molecule has 0 saturated heterocycles. The number of halogens is 2. The van der Waals surface area contributed by atoms with Gasteiger partial charge in [-0.1, -0.05) is 35.9 Å². The van der Waals surface area contributed by atoms with Crippen LogP contribution in [0, 0.1) is 12.7 Å². The van der Waals surface area contributed by atoms with Crippen LogP contribution in [0.15, 0.2) is 66.5 Å². The quantitative estimate of drug-likeness (QED) is 0.259. The standard InChI is InChI=1S/C29H32ClFN2O4/c1-19-24(15-16-33(19)17-20-7-13-23(31)14-8-20)25(21-9-11-22(30)12-10-21)26(32(5)18-34)27(28(35)36-6)37-29(2,3)4/h7-16,18,27H,17H2,1-6H3/b26-25-. The Kier molecular flexibility index (Phi) is 8.94. The van der Waals surface area contributed by atoms with E-state index < -0.39 is 17.7 Å². The molecular formula is C29H32ClFN2O4. The van der Waals surface area contributed by atoms with Crippen molar-refractivity contribution in [2.75, 3.05) is 14.2 Å². The highest BCUT2D eigenvalue weighted by Gasteiger charge is 2.35. The number of nitrogens with zero attached hydrogens (tertiary/aromatic N) is 2. The van der Waals surface area contributed by atoms with Crippen molar-refractivity contribution in [1.29, 1.82) is 0 Å². The third-order valence-corrected chi connectivity index (χ3v) is 6.09. The molecule has 1 unspecified atom stereocenters. The van der Waals surface area contributed by atoms with Crippen molar-refractivity contribution >= 4 is 29.6 Å². The highest BCUT2D eigenvalue weighted by atomic mass is 35.5. The number of aromatic nitrogens is 1. The van der Waals surface area contributed by atoms with Crippen LogP contribution < -0.4 is 0 Å². The molecule has 2 aromatic carbocycles. The largest absolute Gasteiger partial charge is 0.467 e. The molecule has 196 valence electrons. The molecule has 0 aliphatic heterocycles. The van der Waals surface area contributed by atoms with E-state index in [1.807, 2.05) is 56.7 Å². The van der Waals surface area contributed by atoms with Gasteiger partial charge in [-0.2, -0.15) is 0 Å². The molecule has 0 saturated carbocycles. The molecule has 1 heterocycles. The Morgan fingerprint density at radius 3 is 2.27 bits per heavy atom. The Morgan fingerprint density at radius 2 is 1.73 bits per heavy atom. The summed E-state index contributed by atoms with van der Waals surface area (Å²) in [6.07, 6.45) is 1.36. The average Bonchev–Trinajstić information content (AvgIpc) is 3.21. The van der Waals surface area contributed by atoms with Crippen LogP contribution in [0.2, 0.25) is 5.02 Å². The molecular weight excluding hydrogens is 495 g/mol. The van der Waals surface area contributed by atoms with E-state index >= 15 is 0 Å². The molecule has 1 amide bonds. The van der Waals surface area contributed by atoms with Gasteiger partial charge in [-0.3, -0.25) is 4.79 Å². The summed E-state index contributed by atoms with van der Waals surface area (Å²) >= 11 is 6.18. The first-order chi connectivity index (χ1) is 17.4. The highest BCUT2D eigenvalue weighted by molar-refractivity contribution is 6.30. The molecule has 3 aromatic rings. The summed E-state index contributed by atoms with van der Waals surface area (Å²) in [4.78, 5) is 26.5. The fourth-order valence-corrected chi connectivity index (χ4v) is 4.18. The van der Waals surface area contributed by atoms with Crippen LogP contribution in [-0.4, -0.2) is 47.7 Å². The van der Waals surface area contributed by atoms with Crippen LogP contribution in [0.1, 0.15) is 43.2 Å². The third kappa shape index (κ3) is 6.87. The number of hydrogen-bond acceptors (Lipinski definition) is 4. The van der Waals surface area contributed by atoms with Crippen molar-refractivity contribution in [1.82, 2.24) is 9.47 Å². The van der Waals surface area contributed by atoms with E-state index in [0.29, 0.717) is 29.2 Å². The van der Waals surface area contributed by atoms with Gasteiger partial charge in [-0.15, -0.1) is 0 Å². The Bertz CT molecular complexity index is 1270. The van der Waals surface area contributed by atoms with Crippen LogP contribution in [0.3, 0.4) is 0 Å². The van der Waals surface area contributed by atoms with Gasteiger partial charge in [0.05, 0.1) is 18.4 Å².